The molecule has 2 amide bonds. The third kappa shape index (κ3) is 6.58. The zero-order valence-corrected chi connectivity index (χ0v) is 17.3. The lowest BCUT2D eigenvalue weighted by atomic mass is 10.2. The van der Waals surface area contributed by atoms with E-state index in [1.54, 1.807) is 23.9 Å². The van der Waals surface area contributed by atoms with Gasteiger partial charge < -0.3 is 10.2 Å². The number of benzene rings is 2. The van der Waals surface area contributed by atoms with Crippen molar-refractivity contribution in [3.8, 4) is 6.07 Å². The van der Waals surface area contributed by atoms with Crippen molar-refractivity contribution in [2.45, 2.75) is 5.75 Å². The molecule has 0 saturated carbocycles. The van der Waals surface area contributed by atoms with Crippen LogP contribution in [0.3, 0.4) is 0 Å². The zero-order valence-electron chi connectivity index (χ0n) is 16.5. The highest BCUT2D eigenvalue weighted by molar-refractivity contribution is 7.99. The maximum absolute atomic E-state index is 12.9. The largest absolute Gasteiger partial charge is 0.339 e. The number of thioether (sulfide) groups is 1. The standard InChI is InChI=1S/C22H23FN4O2S/c23-19-5-7-20(8-6-19)25-21(28)14-26-9-11-27(12-10-26)22(29)16-30-15-18-3-1-17(13-24)2-4-18/h1-8H,9-12,14-16H2,(H,25,28). The zero-order chi connectivity index (χ0) is 21.3. The predicted octanol–water partition coefficient (Wildman–Crippen LogP) is 2.71. The lowest BCUT2D eigenvalue weighted by Crippen LogP contribution is -2.50. The molecule has 0 spiro atoms. The van der Waals surface area contributed by atoms with Crippen LogP contribution in [0.1, 0.15) is 11.1 Å². The van der Waals surface area contributed by atoms with E-state index in [-0.39, 0.29) is 24.2 Å². The van der Waals surface area contributed by atoms with Gasteiger partial charge in [-0.1, -0.05) is 12.1 Å². The minimum atomic E-state index is -0.344. The number of hydrogen-bond donors (Lipinski definition) is 1. The van der Waals surface area contributed by atoms with Crippen molar-refractivity contribution in [2.24, 2.45) is 0 Å². The van der Waals surface area contributed by atoms with Crippen LogP contribution in [0.2, 0.25) is 0 Å². The molecule has 0 aromatic heterocycles. The fraction of sp³-hybridized carbons (Fsp3) is 0.318. The Morgan fingerprint density at radius 2 is 1.70 bits per heavy atom. The second kappa shape index (κ2) is 10.8. The molecule has 1 aliphatic rings. The molecule has 1 aliphatic heterocycles. The van der Waals surface area contributed by atoms with Crippen LogP contribution in [0.15, 0.2) is 48.5 Å². The van der Waals surface area contributed by atoms with Crippen LogP contribution in [0, 0.1) is 17.1 Å². The quantitative estimate of drug-likeness (QED) is 0.737. The molecule has 1 saturated heterocycles. The van der Waals surface area contributed by atoms with Crippen molar-refractivity contribution >= 4 is 29.3 Å². The molecule has 0 unspecified atom stereocenters. The minimum Gasteiger partial charge on any atom is -0.339 e. The van der Waals surface area contributed by atoms with E-state index in [0.29, 0.717) is 43.2 Å². The molecule has 0 aliphatic carbocycles. The summed E-state index contributed by atoms with van der Waals surface area (Å²) in [6, 6.07) is 15.1. The number of hydrogen-bond acceptors (Lipinski definition) is 5. The van der Waals surface area contributed by atoms with E-state index in [2.05, 4.69) is 11.4 Å². The normalized spacial score (nSPS) is 14.2. The van der Waals surface area contributed by atoms with E-state index in [1.807, 2.05) is 21.9 Å². The summed E-state index contributed by atoms with van der Waals surface area (Å²) in [5.41, 5.74) is 2.28. The monoisotopic (exact) mass is 426 g/mol. The van der Waals surface area contributed by atoms with Gasteiger partial charge in [0.05, 0.1) is 23.9 Å². The Bertz CT molecular complexity index is 904. The Kier molecular flexibility index (Phi) is 7.82. The molecular formula is C22H23FN4O2S. The molecule has 8 heteroatoms. The van der Waals surface area contributed by atoms with Crippen molar-refractivity contribution in [1.29, 1.82) is 5.26 Å². The van der Waals surface area contributed by atoms with Crippen LogP contribution in [0.5, 0.6) is 0 Å². The Morgan fingerprint density at radius 3 is 2.33 bits per heavy atom. The average molecular weight is 427 g/mol. The Hall–Kier alpha value is -2.89. The lowest BCUT2D eigenvalue weighted by molar-refractivity contribution is -0.130. The van der Waals surface area contributed by atoms with Crippen LogP contribution in [-0.2, 0) is 15.3 Å². The third-order valence-electron chi connectivity index (χ3n) is 4.80. The molecule has 2 aromatic rings. The predicted molar refractivity (Wildman–Crippen MR) is 115 cm³/mol. The van der Waals surface area contributed by atoms with Crippen molar-refractivity contribution in [1.82, 2.24) is 9.80 Å². The summed E-state index contributed by atoms with van der Waals surface area (Å²) in [4.78, 5) is 28.4. The van der Waals surface area contributed by atoms with Crippen LogP contribution < -0.4 is 5.32 Å². The second-order valence-electron chi connectivity index (χ2n) is 7.01. The first kappa shape index (κ1) is 21.8. The first-order chi connectivity index (χ1) is 14.5. The molecule has 1 fully saturated rings. The van der Waals surface area contributed by atoms with Gasteiger partial charge in [0.25, 0.3) is 0 Å². The van der Waals surface area contributed by atoms with E-state index < -0.39 is 0 Å². The van der Waals surface area contributed by atoms with Crippen LogP contribution in [-0.4, -0.2) is 60.1 Å². The lowest BCUT2D eigenvalue weighted by Gasteiger charge is -2.34. The molecule has 1 N–H and O–H groups in total. The molecule has 0 radical (unpaired) electrons. The topological polar surface area (TPSA) is 76.4 Å². The Labute approximate surface area is 179 Å². The van der Waals surface area contributed by atoms with Crippen molar-refractivity contribution in [2.75, 3.05) is 43.8 Å². The van der Waals surface area contributed by atoms with E-state index in [1.165, 1.54) is 24.3 Å². The maximum Gasteiger partial charge on any atom is 0.238 e. The number of nitriles is 1. The fourth-order valence-corrected chi connectivity index (χ4v) is 4.00. The number of rotatable bonds is 7. The van der Waals surface area contributed by atoms with Gasteiger partial charge in [-0.3, -0.25) is 14.5 Å². The number of nitrogens with zero attached hydrogens (tertiary/aromatic N) is 3. The van der Waals surface area contributed by atoms with Crippen molar-refractivity contribution < 1.29 is 14.0 Å². The smallest absolute Gasteiger partial charge is 0.238 e. The van der Waals surface area contributed by atoms with Crippen LogP contribution in [0.25, 0.3) is 0 Å². The van der Waals surface area contributed by atoms with Gasteiger partial charge in [0.15, 0.2) is 0 Å². The van der Waals surface area contributed by atoms with Crippen molar-refractivity contribution in [3.63, 3.8) is 0 Å². The van der Waals surface area contributed by atoms with Gasteiger partial charge in [-0.2, -0.15) is 5.26 Å². The molecule has 0 atom stereocenters. The van der Waals surface area contributed by atoms with E-state index in [4.69, 9.17) is 5.26 Å². The van der Waals surface area contributed by atoms with Crippen LogP contribution >= 0.6 is 11.8 Å². The third-order valence-corrected chi connectivity index (χ3v) is 5.79. The number of halogens is 1. The van der Waals surface area contributed by atoms with Crippen LogP contribution in [0.4, 0.5) is 10.1 Å². The minimum absolute atomic E-state index is 0.101. The summed E-state index contributed by atoms with van der Waals surface area (Å²) >= 11 is 1.56. The highest BCUT2D eigenvalue weighted by Gasteiger charge is 2.22. The molecule has 30 heavy (non-hydrogen) atoms. The summed E-state index contributed by atoms with van der Waals surface area (Å²) < 4.78 is 12.9. The van der Waals surface area contributed by atoms with Gasteiger partial charge in [0.1, 0.15) is 5.82 Å². The Balaban J connectivity index is 1.34. The fourth-order valence-electron chi connectivity index (χ4n) is 3.12. The average Bonchev–Trinajstić information content (AvgIpc) is 2.76. The molecule has 2 aromatic carbocycles. The maximum atomic E-state index is 12.9. The second-order valence-corrected chi connectivity index (χ2v) is 8.00. The SMILES string of the molecule is N#Cc1ccc(CSCC(=O)N2CCN(CC(=O)Nc3ccc(F)cc3)CC2)cc1. The number of nitrogens with one attached hydrogen (secondary N) is 1. The number of carbonyl (C=O) groups excluding carboxylic acids is 2. The molecule has 1 heterocycles. The van der Waals surface area contributed by atoms with E-state index in [9.17, 15) is 14.0 Å². The molecule has 156 valence electrons. The molecule has 6 nitrogen and oxygen atoms in total. The molecule has 3 rings (SSSR count). The summed E-state index contributed by atoms with van der Waals surface area (Å²) in [7, 11) is 0. The van der Waals surface area contributed by atoms with Gasteiger partial charge in [-0.25, -0.2) is 4.39 Å². The van der Waals surface area contributed by atoms with Gasteiger partial charge in [0, 0.05) is 37.6 Å². The highest BCUT2D eigenvalue weighted by atomic mass is 32.2. The van der Waals surface area contributed by atoms with E-state index in [0.717, 1.165) is 11.3 Å². The van der Waals surface area contributed by atoms with Crippen molar-refractivity contribution in [3.05, 3.63) is 65.5 Å². The Morgan fingerprint density at radius 1 is 1.03 bits per heavy atom. The molecular weight excluding hydrogens is 403 g/mol. The summed E-state index contributed by atoms with van der Waals surface area (Å²) in [5.74, 6) is 0.735. The van der Waals surface area contributed by atoms with Gasteiger partial charge in [-0.15, -0.1) is 11.8 Å². The number of carbonyl (C=O) groups is 2. The number of piperazine rings is 1. The summed E-state index contributed by atoms with van der Waals surface area (Å²) in [6.45, 7) is 2.72. The first-order valence-electron chi connectivity index (χ1n) is 9.66. The van der Waals surface area contributed by atoms with Gasteiger partial charge >= 0.3 is 0 Å². The first-order valence-corrected chi connectivity index (χ1v) is 10.8. The van der Waals surface area contributed by atoms with Gasteiger partial charge in [0.2, 0.25) is 11.8 Å². The summed E-state index contributed by atoms with van der Waals surface area (Å²) in [5, 5.41) is 11.6. The molecule has 0 bridgehead atoms. The number of anilines is 1. The summed E-state index contributed by atoms with van der Waals surface area (Å²) in [6.07, 6.45) is 0. The van der Waals surface area contributed by atoms with Gasteiger partial charge in [-0.05, 0) is 42.0 Å². The number of amides is 2. The highest BCUT2D eigenvalue weighted by Crippen LogP contribution is 2.15. The van der Waals surface area contributed by atoms with E-state index >= 15 is 0 Å².